The Bertz CT molecular complexity index is 714. The molecule has 0 bridgehead atoms. The minimum atomic E-state index is -0.909. The lowest BCUT2D eigenvalue weighted by Gasteiger charge is -2.48. The monoisotopic (exact) mass is 374 g/mol. The standard InChI is InChI=1S/C22H30O5/c1-3-5-16(2)27-18-7-4-6-17(12-18)22-9-8-21(22)14-20(21,15-26-22)10-11-25-13-19(23)24/h4,6-7,12,16H,3,5,8-11,13-15H2,1-2H3,(H,23,24)/t16?,20?,21-,22?/m0/s1. The normalized spacial score (nSPS) is 34.3. The van der Waals surface area contributed by atoms with Crippen LogP contribution in [0.4, 0.5) is 0 Å². The summed E-state index contributed by atoms with van der Waals surface area (Å²) in [6.45, 7) is 5.32. The molecule has 5 nitrogen and oxygen atoms in total. The summed E-state index contributed by atoms with van der Waals surface area (Å²) < 4.78 is 17.8. The van der Waals surface area contributed by atoms with Gasteiger partial charge in [0.15, 0.2) is 0 Å². The van der Waals surface area contributed by atoms with Gasteiger partial charge in [-0.2, -0.15) is 0 Å². The molecule has 2 saturated carbocycles. The first kappa shape index (κ1) is 18.8. The molecule has 3 fully saturated rings. The van der Waals surface area contributed by atoms with Gasteiger partial charge in [-0.3, -0.25) is 0 Å². The van der Waals surface area contributed by atoms with Gasteiger partial charge >= 0.3 is 5.97 Å². The van der Waals surface area contributed by atoms with E-state index in [0.717, 1.165) is 44.5 Å². The van der Waals surface area contributed by atoms with Crippen molar-refractivity contribution in [1.29, 1.82) is 0 Å². The molecule has 5 heteroatoms. The van der Waals surface area contributed by atoms with Crippen molar-refractivity contribution < 1.29 is 24.1 Å². The van der Waals surface area contributed by atoms with Crippen LogP contribution in [0.5, 0.6) is 5.75 Å². The number of hydrogen-bond acceptors (Lipinski definition) is 4. The van der Waals surface area contributed by atoms with E-state index in [9.17, 15) is 4.79 Å². The second-order valence-corrected chi connectivity index (χ2v) is 8.60. The first-order valence-electron chi connectivity index (χ1n) is 10.2. The van der Waals surface area contributed by atoms with Gasteiger partial charge in [-0.05, 0) is 56.7 Å². The van der Waals surface area contributed by atoms with Gasteiger partial charge in [0.1, 0.15) is 12.4 Å². The number of rotatable bonds is 10. The van der Waals surface area contributed by atoms with Crippen molar-refractivity contribution >= 4 is 5.97 Å². The third-order valence-corrected chi connectivity index (χ3v) is 7.09. The summed E-state index contributed by atoms with van der Waals surface area (Å²) in [5.74, 6) is 0.0178. The van der Waals surface area contributed by atoms with Crippen LogP contribution in [-0.2, 0) is 19.9 Å². The van der Waals surface area contributed by atoms with Crippen molar-refractivity contribution in [3.63, 3.8) is 0 Å². The van der Waals surface area contributed by atoms with Gasteiger partial charge in [-0.1, -0.05) is 25.5 Å². The van der Waals surface area contributed by atoms with E-state index in [1.54, 1.807) is 0 Å². The average molecular weight is 374 g/mol. The summed E-state index contributed by atoms with van der Waals surface area (Å²) in [4.78, 5) is 10.6. The van der Waals surface area contributed by atoms with Crippen LogP contribution in [0, 0.1) is 10.8 Å². The number of carbonyl (C=O) groups is 1. The molecule has 2 aliphatic carbocycles. The fourth-order valence-corrected chi connectivity index (χ4v) is 5.62. The molecule has 1 saturated heterocycles. The Balaban J connectivity index is 1.45. The van der Waals surface area contributed by atoms with Crippen LogP contribution in [0.2, 0.25) is 0 Å². The number of aliphatic carboxylic acids is 1. The number of hydrogen-bond donors (Lipinski definition) is 1. The molecule has 1 N–H and O–H groups in total. The minimum Gasteiger partial charge on any atom is -0.491 e. The molecular formula is C22H30O5. The number of carboxylic acid groups (broad SMARTS) is 1. The Morgan fingerprint density at radius 1 is 1.37 bits per heavy atom. The Labute approximate surface area is 161 Å². The van der Waals surface area contributed by atoms with E-state index in [-0.39, 0.29) is 29.1 Å². The lowest BCUT2D eigenvalue weighted by atomic mass is 9.60. The summed E-state index contributed by atoms with van der Waals surface area (Å²) in [6, 6.07) is 8.45. The molecule has 4 atom stereocenters. The first-order valence-corrected chi connectivity index (χ1v) is 10.2. The van der Waals surface area contributed by atoms with Gasteiger partial charge in [-0.15, -0.1) is 0 Å². The molecule has 148 valence electrons. The molecule has 3 unspecified atom stereocenters. The fraction of sp³-hybridized carbons (Fsp3) is 0.682. The first-order chi connectivity index (χ1) is 13.0. The second-order valence-electron chi connectivity index (χ2n) is 8.60. The largest absolute Gasteiger partial charge is 0.491 e. The number of ether oxygens (including phenoxy) is 3. The third kappa shape index (κ3) is 2.87. The highest BCUT2D eigenvalue weighted by Gasteiger charge is 2.84. The number of benzene rings is 1. The molecule has 0 radical (unpaired) electrons. The summed E-state index contributed by atoms with van der Waals surface area (Å²) in [5.41, 5.74) is 1.42. The molecule has 1 aliphatic heterocycles. The van der Waals surface area contributed by atoms with E-state index < -0.39 is 5.97 Å². The van der Waals surface area contributed by atoms with Crippen molar-refractivity contribution in [3.8, 4) is 5.75 Å². The molecule has 1 aromatic rings. The van der Waals surface area contributed by atoms with Crippen molar-refractivity contribution in [2.75, 3.05) is 19.8 Å². The predicted molar refractivity (Wildman–Crippen MR) is 101 cm³/mol. The zero-order valence-electron chi connectivity index (χ0n) is 16.3. The van der Waals surface area contributed by atoms with Gasteiger partial charge in [0.05, 0.1) is 18.3 Å². The molecule has 3 aliphatic rings. The minimum absolute atomic E-state index is 0.163. The SMILES string of the molecule is CCCC(C)Oc1cccc(C23CC[C@@]24CC4(CCOCC(=O)O)CO3)c1. The molecule has 27 heavy (non-hydrogen) atoms. The van der Waals surface area contributed by atoms with Gasteiger partial charge in [-0.25, -0.2) is 4.79 Å². The van der Waals surface area contributed by atoms with Gasteiger partial charge < -0.3 is 19.3 Å². The van der Waals surface area contributed by atoms with Crippen LogP contribution in [0.1, 0.15) is 57.9 Å². The zero-order valence-corrected chi connectivity index (χ0v) is 16.3. The molecule has 1 spiro atoms. The third-order valence-electron chi connectivity index (χ3n) is 7.09. The van der Waals surface area contributed by atoms with Crippen molar-refractivity contribution in [2.24, 2.45) is 10.8 Å². The maximum atomic E-state index is 10.6. The van der Waals surface area contributed by atoms with E-state index in [0.29, 0.717) is 6.61 Å². The quantitative estimate of drug-likeness (QED) is 0.624. The van der Waals surface area contributed by atoms with Gasteiger partial charge in [0.25, 0.3) is 0 Å². The summed E-state index contributed by atoms with van der Waals surface area (Å²) in [6.07, 6.45) is 6.66. The number of carboxylic acids is 1. The van der Waals surface area contributed by atoms with E-state index in [1.165, 1.54) is 12.0 Å². The Hall–Kier alpha value is -1.59. The van der Waals surface area contributed by atoms with E-state index in [4.69, 9.17) is 19.3 Å². The average Bonchev–Trinajstić information content (AvgIpc) is 3.26. The highest BCUT2D eigenvalue weighted by Crippen LogP contribution is 2.86. The fourth-order valence-electron chi connectivity index (χ4n) is 5.62. The maximum Gasteiger partial charge on any atom is 0.329 e. The Morgan fingerprint density at radius 3 is 2.93 bits per heavy atom. The molecule has 0 amide bonds. The maximum absolute atomic E-state index is 10.6. The Morgan fingerprint density at radius 2 is 2.22 bits per heavy atom. The smallest absolute Gasteiger partial charge is 0.329 e. The lowest BCUT2D eigenvalue weighted by Crippen LogP contribution is -2.46. The molecule has 1 aromatic carbocycles. The lowest BCUT2D eigenvalue weighted by molar-refractivity contribution is -0.142. The van der Waals surface area contributed by atoms with Crippen LogP contribution in [0.3, 0.4) is 0 Å². The van der Waals surface area contributed by atoms with Gasteiger partial charge in [0.2, 0.25) is 0 Å². The summed E-state index contributed by atoms with van der Waals surface area (Å²) >= 11 is 0. The molecular weight excluding hydrogens is 344 g/mol. The highest BCUT2D eigenvalue weighted by atomic mass is 16.5. The predicted octanol–water partition coefficient (Wildman–Crippen LogP) is 4.14. The van der Waals surface area contributed by atoms with Crippen LogP contribution in [0.15, 0.2) is 24.3 Å². The van der Waals surface area contributed by atoms with Crippen LogP contribution in [-0.4, -0.2) is 37.0 Å². The molecule has 0 aromatic heterocycles. The van der Waals surface area contributed by atoms with Crippen molar-refractivity contribution in [1.82, 2.24) is 0 Å². The Kier molecular flexibility index (Phi) is 4.71. The van der Waals surface area contributed by atoms with E-state index in [1.807, 2.05) is 6.07 Å². The van der Waals surface area contributed by atoms with E-state index >= 15 is 0 Å². The summed E-state index contributed by atoms with van der Waals surface area (Å²) in [5, 5.41) is 8.73. The zero-order chi connectivity index (χ0) is 19.1. The van der Waals surface area contributed by atoms with Gasteiger partial charge in [0, 0.05) is 17.4 Å². The second kappa shape index (κ2) is 6.78. The molecule has 4 rings (SSSR count). The van der Waals surface area contributed by atoms with E-state index in [2.05, 4.69) is 32.0 Å². The molecule has 1 heterocycles. The van der Waals surface area contributed by atoms with Crippen LogP contribution in [0.25, 0.3) is 0 Å². The van der Waals surface area contributed by atoms with Crippen molar-refractivity contribution in [3.05, 3.63) is 29.8 Å². The van der Waals surface area contributed by atoms with Crippen LogP contribution >= 0.6 is 0 Å². The summed E-state index contributed by atoms with van der Waals surface area (Å²) in [7, 11) is 0. The topological polar surface area (TPSA) is 65.0 Å². The highest BCUT2D eigenvalue weighted by molar-refractivity contribution is 5.67. The van der Waals surface area contributed by atoms with Crippen molar-refractivity contribution in [2.45, 2.75) is 64.1 Å². The van der Waals surface area contributed by atoms with Crippen LogP contribution < -0.4 is 4.74 Å².